The average molecular weight is 276 g/mol. The van der Waals surface area contributed by atoms with Crippen LogP contribution in [0.25, 0.3) is 0 Å². The van der Waals surface area contributed by atoms with Crippen LogP contribution in [0.1, 0.15) is 25.5 Å². The maximum atomic E-state index is 11.8. The summed E-state index contributed by atoms with van der Waals surface area (Å²) in [5.74, 6) is 0.946. The number of hydrogen-bond donors (Lipinski definition) is 1. The number of hydrogen-bond acceptors (Lipinski definition) is 6. The van der Waals surface area contributed by atoms with Crippen LogP contribution >= 0.6 is 0 Å². The van der Waals surface area contributed by atoms with Crippen molar-refractivity contribution in [2.45, 2.75) is 31.7 Å². The fourth-order valence-electron chi connectivity index (χ4n) is 1.52. The summed E-state index contributed by atoms with van der Waals surface area (Å²) >= 11 is 0. The minimum atomic E-state index is -3.30. The van der Waals surface area contributed by atoms with Crippen LogP contribution in [-0.2, 0) is 32.4 Å². The van der Waals surface area contributed by atoms with Crippen LogP contribution in [0, 0.1) is 0 Å². The minimum Gasteiger partial charge on any atom is -0.383 e. The molecule has 2 N–H and O–H groups in total. The second-order valence-electron chi connectivity index (χ2n) is 4.57. The first-order valence-corrected chi connectivity index (χ1v) is 7.46. The predicted octanol–water partition coefficient (Wildman–Crippen LogP) is -0.337. The molecule has 0 saturated heterocycles. The third-order valence-electron chi connectivity index (χ3n) is 2.99. The number of methoxy groups -OCH3 is 1. The maximum absolute atomic E-state index is 11.8. The topological polar surface area (TPSA) is 100 Å². The van der Waals surface area contributed by atoms with Crippen molar-refractivity contribution < 1.29 is 13.2 Å². The van der Waals surface area contributed by atoms with Crippen LogP contribution in [0.2, 0.25) is 0 Å². The van der Waals surface area contributed by atoms with Gasteiger partial charge < -0.3 is 15.0 Å². The van der Waals surface area contributed by atoms with Crippen LogP contribution in [0.3, 0.4) is 0 Å². The highest BCUT2D eigenvalue weighted by atomic mass is 32.2. The fraction of sp³-hybridized carbons (Fsp3) is 0.800. The molecule has 1 aromatic heterocycles. The molecule has 0 radical (unpaired) electrons. The van der Waals surface area contributed by atoms with Gasteiger partial charge in [-0.15, -0.1) is 10.2 Å². The van der Waals surface area contributed by atoms with Crippen molar-refractivity contribution in [3.8, 4) is 0 Å². The molecule has 1 aromatic rings. The highest BCUT2D eigenvalue weighted by Crippen LogP contribution is 2.27. The molecular weight excluding hydrogens is 256 g/mol. The Kier molecular flexibility index (Phi) is 4.46. The molecule has 0 amide bonds. The standard InChI is InChI=1S/C10H20N4O3S/c1-10(2,18(4,15)16)9-13-12-8(7-11)14(9)5-6-17-3/h5-7,11H2,1-4H3. The zero-order valence-corrected chi connectivity index (χ0v) is 12.0. The molecule has 1 rings (SSSR count). The van der Waals surface area contributed by atoms with E-state index in [4.69, 9.17) is 10.5 Å². The molecule has 0 spiro atoms. The van der Waals surface area contributed by atoms with Gasteiger partial charge in [0.2, 0.25) is 0 Å². The lowest BCUT2D eigenvalue weighted by Crippen LogP contribution is -2.32. The molecular formula is C10H20N4O3S. The molecule has 1 heterocycles. The molecule has 8 heteroatoms. The monoisotopic (exact) mass is 276 g/mol. The Bertz CT molecular complexity index is 507. The Hall–Kier alpha value is -0.990. The third-order valence-corrected chi connectivity index (χ3v) is 5.03. The molecule has 104 valence electrons. The molecule has 0 saturated carbocycles. The van der Waals surface area contributed by atoms with Crippen molar-refractivity contribution in [2.24, 2.45) is 5.73 Å². The van der Waals surface area contributed by atoms with Crippen molar-refractivity contribution in [3.05, 3.63) is 11.6 Å². The maximum Gasteiger partial charge on any atom is 0.159 e. The van der Waals surface area contributed by atoms with Crippen LogP contribution in [0.5, 0.6) is 0 Å². The number of sulfone groups is 1. The van der Waals surface area contributed by atoms with Gasteiger partial charge in [0.15, 0.2) is 15.7 Å². The lowest BCUT2D eigenvalue weighted by atomic mass is 10.2. The van der Waals surface area contributed by atoms with Gasteiger partial charge in [-0.25, -0.2) is 8.42 Å². The van der Waals surface area contributed by atoms with Gasteiger partial charge in [-0.05, 0) is 13.8 Å². The van der Waals surface area contributed by atoms with Gasteiger partial charge in [-0.3, -0.25) is 0 Å². The summed E-state index contributed by atoms with van der Waals surface area (Å²) < 4.78 is 29.3. The third kappa shape index (κ3) is 2.70. The highest BCUT2D eigenvalue weighted by Gasteiger charge is 2.37. The number of aromatic nitrogens is 3. The molecule has 18 heavy (non-hydrogen) atoms. The van der Waals surface area contributed by atoms with Crippen LogP contribution < -0.4 is 5.73 Å². The van der Waals surface area contributed by atoms with E-state index in [1.54, 1.807) is 25.5 Å². The van der Waals surface area contributed by atoms with E-state index in [1.165, 1.54) is 6.26 Å². The molecule has 0 fully saturated rings. The van der Waals surface area contributed by atoms with Gasteiger partial charge in [0.25, 0.3) is 0 Å². The highest BCUT2D eigenvalue weighted by molar-refractivity contribution is 7.91. The zero-order chi connectivity index (χ0) is 14.0. The van der Waals surface area contributed by atoms with Gasteiger partial charge in [-0.1, -0.05) is 0 Å². The first-order valence-electron chi connectivity index (χ1n) is 5.57. The molecule has 0 aliphatic heterocycles. The van der Waals surface area contributed by atoms with E-state index >= 15 is 0 Å². The Labute approximate surface area is 107 Å². The van der Waals surface area contributed by atoms with E-state index in [-0.39, 0.29) is 6.54 Å². The normalized spacial score (nSPS) is 12.9. The summed E-state index contributed by atoms with van der Waals surface area (Å²) in [4.78, 5) is 0. The smallest absolute Gasteiger partial charge is 0.159 e. The Balaban J connectivity index is 3.28. The molecule has 0 unspecified atom stereocenters. The molecule has 7 nitrogen and oxygen atoms in total. The first-order chi connectivity index (χ1) is 8.25. The van der Waals surface area contributed by atoms with Crippen LogP contribution in [0.4, 0.5) is 0 Å². The summed E-state index contributed by atoms with van der Waals surface area (Å²) in [5.41, 5.74) is 5.57. The van der Waals surface area contributed by atoms with Crippen molar-refractivity contribution in [3.63, 3.8) is 0 Å². The molecule has 0 bridgehead atoms. The van der Waals surface area contributed by atoms with Crippen molar-refractivity contribution in [1.82, 2.24) is 14.8 Å². The van der Waals surface area contributed by atoms with Crippen molar-refractivity contribution in [2.75, 3.05) is 20.0 Å². The summed E-state index contributed by atoms with van der Waals surface area (Å²) in [7, 11) is -1.73. The minimum absolute atomic E-state index is 0.205. The van der Waals surface area contributed by atoms with Crippen molar-refractivity contribution >= 4 is 9.84 Å². The second kappa shape index (κ2) is 5.33. The van der Waals surface area contributed by atoms with Crippen LogP contribution in [0.15, 0.2) is 0 Å². The van der Waals surface area contributed by atoms with Gasteiger partial charge >= 0.3 is 0 Å². The van der Waals surface area contributed by atoms with E-state index < -0.39 is 14.6 Å². The summed E-state index contributed by atoms with van der Waals surface area (Å²) in [6, 6.07) is 0. The fourth-order valence-corrected chi connectivity index (χ4v) is 2.00. The van der Waals surface area contributed by atoms with Gasteiger partial charge in [0, 0.05) is 19.9 Å². The average Bonchev–Trinajstić information content (AvgIpc) is 2.67. The second-order valence-corrected chi connectivity index (χ2v) is 7.14. The SMILES string of the molecule is COCCn1c(CN)nnc1C(C)(C)S(C)(=O)=O. The molecule has 0 aliphatic carbocycles. The van der Waals surface area contributed by atoms with Gasteiger partial charge in [0.1, 0.15) is 10.6 Å². The molecule has 0 aliphatic rings. The van der Waals surface area contributed by atoms with E-state index in [2.05, 4.69) is 10.2 Å². The lowest BCUT2D eigenvalue weighted by Gasteiger charge is -2.22. The lowest BCUT2D eigenvalue weighted by molar-refractivity contribution is 0.184. The summed E-state index contributed by atoms with van der Waals surface area (Å²) in [6.07, 6.45) is 1.18. The van der Waals surface area contributed by atoms with Crippen LogP contribution in [-0.4, -0.2) is 43.2 Å². The number of ether oxygens (including phenoxy) is 1. The number of rotatable bonds is 6. The Morgan fingerprint density at radius 1 is 1.39 bits per heavy atom. The molecule has 0 atom stereocenters. The van der Waals surface area contributed by atoms with E-state index in [1.807, 2.05) is 0 Å². The van der Waals surface area contributed by atoms with Gasteiger partial charge in [0.05, 0.1) is 13.2 Å². The van der Waals surface area contributed by atoms with Crippen molar-refractivity contribution in [1.29, 1.82) is 0 Å². The number of nitrogens with zero attached hydrogens (tertiary/aromatic N) is 3. The first kappa shape index (κ1) is 15.1. The van der Waals surface area contributed by atoms with E-state index in [0.717, 1.165) is 0 Å². The zero-order valence-electron chi connectivity index (χ0n) is 11.2. The Morgan fingerprint density at radius 3 is 2.44 bits per heavy atom. The number of nitrogens with two attached hydrogens (primary N) is 1. The van der Waals surface area contributed by atoms with Gasteiger partial charge in [-0.2, -0.15) is 0 Å². The largest absolute Gasteiger partial charge is 0.383 e. The summed E-state index contributed by atoms with van der Waals surface area (Å²) in [6.45, 7) is 4.34. The molecule has 0 aromatic carbocycles. The summed E-state index contributed by atoms with van der Waals surface area (Å²) in [5, 5.41) is 7.91. The predicted molar refractivity (Wildman–Crippen MR) is 67.7 cm³/mol. The van der Waals surface area contributed by atoms with E-state index in [9.17, 15) is 8.42 Å². The van der Waals surface area contributed by atoms with E-state index in [0.29, 0.717) is 24.8 Å². The quantitative estimate of drug-likeness (QED) is 0.763. The Morgan fingerprint density at radius 2 is 2.00 bits per heavy atom.